The van der Waals surface area contributed by atoms with Crippen LogP contribution in [-0.4, -0.2) is 16.5 Å². The first-order valence-corrected chi connectivity index (χ1v) is 27.1. The Morgan fingerprint density at radius 3 is 1.25 bits per heavy atom. The van der Waals surface area contributed by atoms with Gasteiger partial charge in [-0.1, -0.05) is 225 Å². The Bertz CT molecular complexity index is 3480. The van der Waals surface area contributed by atoms with Crippen LogP contribution in [0, 0.1) is 0 Å². The van der Waals surface area contributed by atoms with Crippen LogP contribution in [0.25, 0.3) is 27.6 Å². The van der Waals surface area contributed by atoms with Gasteiger partial charge in [-0.2, -0.15) is 0 Å². The van der Waals surface area contributed by atoms with Gasteiger partial charge >= 0.3 is 17.1 Å². The quantitative estimate of drug-likeness (QED) is 0.179. The molecule has 0 amide bonds. The average Bonchev–Trinajstić information content (AvgIpc) is 4.13. The third-order valence-electron chi connectivity index (χ3n) is 14.7. The van der Waals surface area contributed by atoms with E-state index in [1.54, 1.807) is 6.08 Å². The molecule has 6 aromatic rings. The average molecular weight is 1110 g/mol. The van der Waals surface area contributed by atoms with E-state index in [1.165, 1.54) is 33.4 Å². The van der Waals surface area contributed by atoms with E-state index in [4.69, 9.17) is 15.3 Å². The minimum atomic E-state index is -0.168. The Balaban J connectivity index is 0.00000747. The molecule has 0 saturated heterocycles. The molecule has 1 N–H and O–H groups in total. The van der Waals surface area contributed by atoms with E-state index in [-0.39, 0.29) is 55.3 Å². The van der Waals surface area contributed by atoms with Gasteiger partial charge in [0.1, 0.15) is 0 Å². The summed E-state index contributed by atoms with van der Waals surface area (Å²) in [6.07, 6.45) is 5.88. The minimum Gasteiger partial charge on any atom is -0.657 e. The molecule has 7 heteroatoms. The van der Waals surface area contributed by atoms with Gasteiger partial charge in [-0.3, -0.25) is 4.79 Å². The first-order valence-electron chi connectivity index (χ1n) is 26.3. The van der Waals surface area contributed by atoms with Crippen LogP contribution >= 0.6 is 15.9 Å². The third kappa shape index (κ3) is 11.3. The van der Waals surface area contributed by atoms with Gasteiger partial charge in [0.05, 0.1) is 11.4 Å². The molecule has 4 aromatic carbocycles. The molecule has 3 aliphatic rings. The van der Waals surface area contributed by atoms with E-state index in [9.17, 15) is 0 Å². The van der Waals surface area contributed by atoms with Crippen LogP contribution < -0.4 is 15.7 Å². The summed E-state index contributed by atoms with van der Waals surface area (Å²) in [6, 6.07) is 37.9. The molecule has 9 rings (SSSR count). The molecule has 2 aromatic heterocycles. The number of halogens is 1. The zero-order valence-electron chi connectivity index (χ0n) is 47.5. The number of nitrogens with one attached hydrogen (secondary N) is 1. The molecule has 0 saturated carbocycles. The van der Waals surface area contributed by atoms with Crippen LogP contribution in [0.5, 0.6) is 0 Å². The minimum absolute atomic E-state index is 0. The van der Waals surface area contributed by atoms with Gasteiger partial charge in [0.25, 0.3) is 0 Å². The number of hydrogen-bond donors (Lipinski definition) is 1. The summed E-state index contributed by atoms with van der Waals surface area (Å²) in [5.41, 5.74) is 18.0. The SMILES string of the molecule is CC(C)(C)c1cc(C2=C3C=CC(=N3)C(c3ccc(Br)cc3)=C3[N-]C(=CC3=O)C(c3cc(C(C)(C)C)cc(C(C)(C)C)c3)=c3ccc([nH]3)=C(c3cc(C(C)(C)C)cc(C(C)(C)C)c3)c3ccc2[n-]3)cc(C(C)(C)C)c1.[Cu+2]. The second kappa shape index (κ2) is 19.4. The molecule has 1 radical (unpaired) electrons. The fourth-order valence-corrected chi connectivity index (χ4v) is 10.2. The first-order chi connectivity index (χ1) is 34.2. The molecule has 75 heavy (non-hydrogen) atoms. The van der Waals surface area contributed by atoms with E-state index in [0.717, 1.165) is 71.2 Å². The molecule has 0 aliphatic carbocycles. The van der Waals surface area contributed by atoms with Crippen molar-refractivity contribution in [3.05, 3.63) is 226 Å². The molecular formula is C68H75BrCuN4O. The van der Waals surface area contributed by atoms with Crippen molar-refractivity contribution in [3.8, 4) is 0 Å². The monoisotopic (exact) mass is 1110 g/mol. The number of carbonyl (C=O) groups excluding carboxylic acids is 1. The number of aromatic nitrogens is 2. The van der Waals surface area contributed by atoms with Crippen molar-refractivity contribution in [2.75, 3.05) is 0 Å². The predicted octanol–water partition coefficient (Wildman–Crippen LogP) is 16.0. The molecule has 3 aliphatic heterocycles. The van der Waals surface area contributed by atoms with Crippen molar-refractivity contribution in [3.63, 3.8) is 0 Å². The number of carbonyl (C=O) groups is 1. The molecule has 5 nitrogen and oxygen atoms in total. The summed E-state index contributed by atoms with van der Waals surface area (Å²) < 4.78 is 0.939. The second-order valence-electron chi connectivity index (χ2n) is 27.0. The van der Waals surface area contributed by atoms with Gasteiger partial charge < -0.3 is 15.3 Å². The first kappa shape index (κ1) is 55.5. The zero-order chi connectivity index (χ0) is 53.8. The fourth-order valence-electron chi connectivity index (χ4n) is 9.92. The van der Waals surface area contributed by atoms with Crippen LogP contribution in [0.4, 0.5) is 0 Å². The summed E-state index contributed by atoms with van der Waals surface area (Å²) in [4.78, 5) is 30.4. The maximum Gasteiger partial charge on any atom is 2.00 e. The van der Waals surface area contributed by atoms with Gasteiger partial charge in [0.2, 0.25) is 0 Å². The van der Waals surface area contributed by atoms with Gasteiger partial charge in [0.15, 0.2) is 5.78 Å². The van der Waals surface area contributed by atoms with Gasteiger partial charge in [0, 0.05) is 15.2 Å². The van der Waals surface area contributed by atoms with Crippen LogP contribution in [0.1, 0.15) is 192 Å². The van der Waals surface area contributed by atoms with E-state index in [0.29, 0.717) is 22.7 Å². The normalized spacial score (nSPS) is 15.6. The van der Waals surface area contributed by atoms with Crippen LogP contribution in [0.3, 0.4) is 0 Å². The number of benzene rings is 4. The molecule has 0 spiro atoms. The van der Waals surface area contributed by atoms with Crippen molar-refractivity contribution < 1.29 is 21.9 Å². The van der Waals surface area contributed by atoms with E-state index in [1.807, 2.05) is 30.3 Å². The van der Waals surface area contributed by atoms with Crippen molar-refractivity contribution in [1.29, 1.82) is 0 Å². The largest absolute Gasteiger partial charge is 2.00 e. The Hall–Kier alpha value is -5.72. The summed E-state index contributed by atoms with van der Waals surface area (Å²) in [7, 11) is 0. The van der Waals surface area contributed by atoms with Crippen molar-refractivity contribution >= 4 is 49.7 Å². The van der Waals surface area contributed by atoms with E-state index in [2.05, 4.69) is 230 Å². The summed E-state index contributed by atoms with van der Waals surface area (Å²) in [5, 5.41) is 7.24. The third-order valence-corrected chi connectivity index (χ3v) is 15.3. The summed E-state index contributed by atoms with van der Waals surface area (Å²) >= 11 is 3.67. The molecule has 0 fully saturated rings. The van der Waals surface area contributed by atoms with E-state index < -0.39 is 0 Å². The maximum absolute atomic E-state index is 15.0. The van der Waals surface area contributed by atoms with Gasteiger partial charge in [-0.05, 0) is 153 Å². The zero-order valence-corrected chi connectivity index (χ0v) is 50.0. The number of ketones is 1. The number of aliphatic imine (C=N–C) groups is 1. The van der Waals surface area contributed by atoms with Crippen LogP contribution in [0.15, 0.2) is 148 Å². The molecule has 8 bridgehead atoms. The number of allylic oxidation sites excluding steroid dienone is 5. The smallest absolute Gasteiger partial charge is 0.657 e. The Kier molecular flexibility index (Phi) is 14.3. The van der Waals surface area contributed by atoms with E-state index >= 15 is 4.79 Å². The Morgan fingerprint density at radius 1 is 0.440 bits per heavy atom. The van der Waals surface area contributed by atoms with Crippen LogP contribution in [0.2, 0.25) is 0 Å². The second-order valence-corrected chi connectivity index (χ2v) is 27.9. The number of aromatic amines is 1. The number of rotatable bonds is 4. The summed E-state index contributed by atoms with van der Waals surface area (Å²) in [6.45, 7) is 41.0. The number of H-pyrrole nitrogens is 1. The number of fused-ring (bicyclic) bond motifs is 7. The molecule has 0 atom stereocenters. The standard InChI is InChI=1S/C68H76BrN4O.Cu/c1-63(2,3)43-29-40(30-44(35-43)64(4,5)6)58-50-23-24-51(70-50)59(41-31-45(65(7,8)9)36-46(32-41)66(10,11)12)53-27-28-55(72-53)61(39-19-21-49(69)22-20-39)62-57(74)38-56(73-62)60(54-26-25-52(58)71-54)42-33-47(67(13,14)15)37-48(34-42)68(16,17)18;/h19-38H,1-18H3,(H2-,70,71,72,73,74);/q-1;+2/p-1. The maximum atomic E-state index is 15.0. The topological polar surface area (TPSA) is 73.4 Å². The molecular weight excluding hydrogens is 1030 g/mol. The Morgan fingerprint density at radius 2 is 0.827 bits per heavy atom. The molecule has 5 heterocycles. The Labute approximate surface area is 466 Å². The predicted molar refractivity (Wildman–Crippen MR) is 316 cm³/mol. The van der Waals surface area contributed by atoms with Gasteiger partial charge in [-0.15, -0.1) is 17.1 Å². The number of nitrogens with zero attached hydrogens (tertiary/aromatic N) is 3. The summed E-state index contributed by atoms with van der Waals surface area (Å²) in [5.74, 6) is -0.168. The van der Waals surface area contributed by atoms with Crippen LogP contribution in [-0.2, 0) is 54.4 Å². The van der Waals surface area contributed by atoms with Crippen molar-refractivity contribution in [2.45, 2.75) is 157 Å². The van der Waals surface area contributed by atoms with Crippen molar-refractivity contribution in [2.24, 2.45) is 4.99 Å². The fraction of sp³-hybridized carbons (Fsp3) is 0.353. The van der Waals surface area contributed by atoms with Crippen molar-refractivity contribution in [1.82, 2.24) is 9.97 Å². The molecule has 391 valence electrons. The molecule has 0 unspecified atom stereocenters. The van der Waals surface area contributed by atoms with Gasteiger partial charge in [-0.25, -0.2) is 4.99 Å². The number of hydrogen-bond acceptors (Lipinski definition) is 2.